The lowest BCUT2D eigenvalue weighted by Gasteiger charge is -2.23. The van der Waals surface area contributed by atoms with Crippen molar-refractivity contribution in [2.45, 2.75) is 29.5 Å². The van der Waals surface area contributed by atoms with E-state index >= 15 is 0 Å². The molecule has 1 aliphatic heterocycles. The van der Waals surface area contributed by atoms with Crippen LogP contribution in [0.2, 0.25) is 5.02 Å². The Kier molecular flexibility index (Phi) is 7.17. The molecule has 1 aliphatic rings. The Balaban J connectivity index is 1.97. The fourth-order valence-electron chi connectivity index (χ4n) is 2.18. The van der Waals surface area contributed by atoms with Crippen LogP contribution in [0.3, 0.4) is 0 Å². The van der Waals surface area contributed by atoms with Crippen molar-refractivity contribution in [2.24, 2.45) is 0 Å². The van der Waals surface area contributed by atoms with Gasteiger partial charge >= 0.3 is 0 Å². The minimum Gasteiger partial charge on any atom is -0.383 e. The molecule has 1 heterocycles. The molecule has 20 heavy (non-hydrogen) atoms. The number of nitrogens with one attached hydrogen (secondary N) is 1. The van der Waals surface area contributed by atoms with Crippen LogP contribution in [0, 0.1) is 0 Å². The van der Waals surface area contributed by atoms with Crippen molar-refractivity contribution in [3.8, 4) is 0 Å². The molecule has 0 spiro atoms. The summed E-state index contributed by atoms with van der Waals surface area (Å²) in [6, 6.07) is 6.14. The molecule has 0 aromatic heterocycles. The number of thioether (sulfide) groups is 1. The van der Waals surface area contributed by atoms with Gasteiger partial charge in [0, 0.05) is 43.6 Å². The Morgan fingerprint density at radius 2 is 2.20 bits per heavy atom. The molecular formula is C15H22ClNO2S. The SMILES string of the molecule is COCCNCc1cccc(Cl)c1SC1CCOCC1. The molecule has 0 saturated carbocycles. The van der Waals surface area contributed by atoms with E-state index in [1.807, 2.05) is 23.9 Å². The maximum absolute atomic E-state index is 6.38. The summed E-state index contributed by atoms with van der Waals surface area (Å²) in [5.41, 5.74) is 1.27. The minimum absolute atomic E-state index is 0.612. The molecule has 112 valence electrons. The number of hydrogen-bond acceptors (Lipinski definition) is 4. The largest absolute Gasteiger partial charge is 0.383 e. The standard InChI is InChI=1S/C15H22ClNO2S/c1-18-10-7-17-11-12-3-2-4-14(16)15(12)20-13-5-8-19-9-6-13/h2-4,13,17H,5-11H2,1H3. The van der Waals surface area contributed by atoms with Crippen molar-refractivity contribution >= 4 is 23.4 Å². The molecular weight excluding hydrogens is 294 g/mol. The summed E-state index contributed by atoms with van der Waals surface area (Å²) < 4.78 is 10.5. The van der Waals surface area contributed by atoms with E-state index in [0.29, 0.717) is 5.25 Å². The Morgan fingerprint density at radius 3 is 2.95 bits per heavy atom. The molecule has 1 fully saturated rings. The van der Waals surface area contributed by atoms with Crippen molar-refractivity contribution < 1.29 is 9.47 Å². The monoisotopic (exact) mass is 315 g/mol. The van der Waals surface area contributed by atoms with Crippen molar-refractivity contribution in [1.29, 1.82) is 0 Å². The quantitative estimate of drug-likeness (QED) is 0.782. The summed E-state index contributed by atoms with van der Waals surface area (Å²) in [4.78, 5) is 1.21. The highest BCUT2D eigenvalue weighted by Gasteiger charge is 2.18. The summed E-state index contributed by atoms with van der Waals surface area (Å²) in [5.74, 6) is 0. The van der Waals surface area contributed by atoms with Gasteiger partial charge in [-0.05, 0) is 24.5 Å². The Bertz CT molecular complexity index is 411. The van der Waals surface area contributed by atoms with Gasteiger partial charge in [0.15, 0.2) is 0 Å². The first-order chi connectivity index (χ1) is 9.81. The molecule has 0 radical (unpaired) electrons. The molecule has 3 nitrogen and oxygen atoms in total. The third-order valence-corrected chi connectivity index (χ3v) is 5.25. The fourth-order valence-corrected chi connectivity index (χ4v) is 3.74. The van der Waals surface area contributed by atoms with Gasteiger partial charge in [-0.1, -0.05) is 23.7 Å². The molecule has 0 amide bonds. The number of methoxy groups -OCH3 is 1. The van der Waals surface area contributed by atoms with Crippen molar-refractivity contribution in [1.82, 2.24) is 5.32 Å². The van der Waals surface area contributed by atoms with Crippen LogP contribution in [0.1, 0.15) is 18.4 Å². The van der Waals surface area contributed by atoms with Gasteiger partial charge < -0.3 is 14.8 Å². The number of halogens is 1. The van der Waals surface area contributed by atoms with Crippen LogP contribution in [0.15, 0.2) is 23.1 Å². The molecule has 1 N–H and O–H groups in total. The smallest absolute Gasteiger partial charge is 0.0587 e. The number of rotatable bonds is 7. The fraction of sp³-hybridized carbons (Fsp3) is 0.600. The molecule has 0 bridgehead atoms. The van der Waals surface area contributed by atoms with E-state index < -0.39 is 0 Å². The van der Waals surface area contributed by atoms with Gasteiger partial charge in [-0.3, -0.25) is 0 Å². The predicted octanol–water partition coefficient (Wildman–Crippen LogP) is 3.35. The zero-order valence-corrected chi connectivity index (χ0v) is 13.4. The number of hydrogen-bond donors (Lipinski definition) is 1. The van der Waals surface area contributed by atoms with Gasteiger partial charge in [0.1, 0.15) is 0 Å². The minimum atomic E-state index is 0.612. The molecule has 2 rings (SSSR count). The Labute approximate surface area is 130 Å². The van der Waals surface area contributed by atoms with E-state index in [4.69, 9.17) is 21.1 Å². The first-order valence-corrected chi connectivity index (χ1v) is 8.28. The van der Waals surface area contributed by atoms with Gasteiger partial charge in [-0.15, -0.1) is 11.8 Å². The van der Waals surface area contributed by atoms with Gasteiger partial charge in [0.2, 0.25) is 0 Å². The van der Waals surface area contributed by atoms with Crippen LogP contribution < -0.4 is 5.32 Å². The van der Waals surface area contributed by atoms with Crippen LogP contribution in [-0.4, -0.2) is 38.7 Å². The summed E-state index contributed by atoms with van der Waals surface area (Å²) in [6.07, 6.45) is 2.21. The first-order valence-electron chi connectivity index (χ1n) is 7.02. The van der Waals surface area contributed by atoms with Gasteiger partial charge in [0.05, 0.1) is 11.6 Å². The lowest BCUT2D eigenvalue weighted by atomic mass is 10.2. The van der Waals surface area contributed by atoms with E-state index in [1.54, 1.807) is 7.11 Å². The van der Waals surface area contributed by atoms with Gasteiger partial charge in [-0.2, -0.15) is 0 Å². The summed E-state index contributed by atoms with van der Waals surface area (Å²) >= 11 is 8.28. The maximum Gasteiger partial charge on any atom is 0.0587 e. The van der Waals surface area contributed by atoms with Crippen LogP contribution in [0.25, 0.3) is 0 Å². The van der Waals surface area contributed by atoms with E-state index in [2.05, 4.69) is 11.4 Å². The normalized spacial score (nSPS) is 16.5. The average molecular weight is 316 g/mol. The summed E-state index contributed by atoms with van der Waals surface area (Å²) in [5, 5.41) is 4.85. The molecule has 0 atom stereocenters. The number of ether oxygens (including phenoxy) is 2. The second-order valence-electron chi connectivity index (χ2n) is 4.83. The zero-order valence-electron chi connectivity index (χ0n) is 11.9. The molecule has 0 aliphatic carbocycles. The van der Waals surface area contributed by atoms with Gasteiger partial charge in [0.25, 0.3) is 0 Å². The van der Waals surface area contributed by atoms with E-state index in [0.717, 1.165) is 50.8 Å². The van der Waals surface area contributed by atoms with Crippen LogP contribution in [-0.2, 0) is 16.0 Å². The molecule has 5 heteroatoms. The Morgan fingerprint density at radius 1 is 1.40 bits per heavy atom. The lowest BCUT2D eigenvalue weighted by molar-refractivity contribution is 0.1000. The molecule has 1 aromatic rings. The predicted molar refractivity (Wildman–Crippen MR) is 84.7 cm³/mol. The second-order valence-corrected chi connectivity index (χ2v) is 6.55. The van der Waals surface area contributed by atoms with E-state index in [-0.39, 0.29) is 0 Å². The first kappa shape index (κ1) is 16.1. The highest BCUT2D eigenvalue weighted by atomic mass is 35.5. The summed E-state index contributed by atoms with van der Waals surface area (Å²) in [6.45, 7) is 4.13. The van der Waals surface area contributed by atoms with Crippen LogP contribution >= 0.6 is 23.4 Å². The van der Waals surface area contributed by atoms with Gasteiger partial charge in [-0.25, -0.2) is 0 Å². The molecule has 0 unspecified atom stereocenters. The van der Waals surface area contributed by atoms with Crippen LogP contribution in [0.5, 0.6) is 0 Å². The highest BCUT2D eigenvalue weighted by Crippen LogP contribution is 2.36. The highest BCUT2D eigenvalue weighted by molar-refractivity contribution is 8.00. The Hall–Kier alpha value is -0.260. The molecule has 1 saturated heterocycles. The van der Waals surface area contributed by atoms with Crippen LogP contribution in [0.4, 0.5) is 0 Å². The third-order valence-electron chi connectivity index (χ3n) is 3.30. The van der Waals surface area contributed by atoms with Crippen molar-refractivity contribution in [3.05, 3.63) is 28.8 Å². The average Bonchev–Trinajstić information content (AvgIpc) is 2.48. The topological polar surface area (TPSA) is 30.5 Å². The van der Waals surface area contributed by atoms with Crippen molar-refractivity contribution in [3.63, 3.8) is 0 Å². The number of benzene rings is 1. The van der Waals surface area contributed by atoms with Crippen molar-refractivity contribution in [2.75, 3.05) is 33.5 Å². The van der Waals surface area contributed by atoms with E-state index in [9.17, 15) is 0 Å². The zero-order chi connectivity index (χ0) is 14.2. The summed E-state index contributed by atoms with van der Waals surface area (Å²) in [7, 11) is 1.72. The second kappa shape index (κ2) is 8.90. The van der Waals surface area contributed by atoms with E-state index in [1.165, 1.54) is 10.5 Å². The molecule has 1 aromatic carbocycles. The maximum atomic E-state index is 6.38. The third kappa shape index (κ3) is 4.93. The lowest BCUT2D eigenvalue weighted by Crippen LogP contribution is -2.20.